The highest BCUT2D eigenvalue weighted by atomic mass is 35.5. The zero-order valence-electron chi connectivity index (χ0n) is 14.6. The molecule has 0 radical (unpaired) electrons. The second-order valence-corrected chi connectivity index (χ2v) is 8.64. The molecule has 7 nitrogen and oxygen atoms in total. The van der Waals surface area contributed by atoms with Gasteiger partial charge in [0.1, 0.15) is 0 Å². The summed E-state index contributed by atoms with van der Waals surface area (Å²) < 4.78 is 32.4. The van der Waals surface area contributed by atoms with Crippen LogP contribution in [0, 0.1) is 11.3 Å². The SMILES string of the molecule is Cl.NCC1(C(=O)Nc2ccc(S(=O)(=O)NCC3CC3)cc2)CCOCC1. The molecule has 26 heavy (non-hydrogen) atoms. The number of ether oxygens (including phenoxy) is 1. The van der Waals surface area contributed by atoms with Crippen LogP contribution in [0.2, 0.25) is 0 Å². The minimum Gasteiger partial charge on any atom is -0.381 e. The van der Waals surface area contributed by atoms with E-state index < -0.39 is 15.4 Å². The van der Waals surface area contributed by atoms with Crippen molar-refractivity contribution in [2.75, 3.05) is 31.6 Å². The van der Waals surface area contributed by atoms with Gasteiger partial charge in [-0.2, -0.15) is 0 Å². The molecular formula is C17H26ClN3O4S. The zero-order chi connectivity index (χ0) is 17.9. The standard InChI is InChI=1S/C17H25N3O4S.ClH/c18-12-17(7-9-24-10-8-17)16(21)20-14-3-5-15(6-4-14)25(22,23)19-11-13-1-2-13;/h3-6,13,19H,1-2,7-12,18H2,(H,20,21);1H. The predicted molar refractivity (Wildman–Crippen MR) is 102 cm³/mol. The van der Waals surface area contributed by atoms with Crippen molar-refractivity contribution in [2.24, 2.45) is 17.1 Å². The Hall–Kier alpha value is -1.19. The highest BCUT2D eigenvalue weighted by Crippen LogP contribution is 2.31. The molecule has 3 rings (SSSR count). The molecule has 0 bridgehead atoms. The summed E-state index contributed by atoms with van der Waals surface area (Å²) in [5.74, 6) is 0.334. The average molecular weight is 404 g/mol. The normalized spacial score (nSPS) is 19.4. The molecule has 146 valence electrons. The molecule has 1 amide bonds. The van der Waals surface area contributed by atoms with Crippen LogP contribution in [0.5, 0.6) is 0 Å². The third-order valence-electron chi connectivity index (χ3n) is 5.00. The van der Waals surface area contributed by atoms with E-state index in [1.165, 1.54) is 12.1 Å². The van der Waals surface area contributed by atoms with Crippen LogP contribution < -0.4 is 15.8 Å². The minimum absolute atomic E-state index is 0. The second kappa shape index (κ2) is 8.67. The first-order valence-corrected chi connectivity index (χ1v) is 10.1. The Kier molecular flexibility index (Phi) is 7.04. The number of carbonyl (C=O) groups excluding carboxylic acids is 1. The maximum Gasteiger partial charge on any atom is 0.240 e. The number of benzene rings is 1. The zero-order valence-corrected chi connectivity index (χ0v) is 16.2. The van der Waals surface area contributed by atoms with E-state index in [0.717, 1.165) is 12.8 Å². The van der Waals surface area contributed by atoms with Crippen LogP contribution in [0.4, 0.5) is 5.69 Å². The van der Waals surface area contributed by atoms with Gasteiger partial charge in [0.25, 0.3) is 0 Å². The van der Waals surface area contributed by atoms with Gasteiger partial charge in [-0.3, -0.25) is 4.79 Å². The number of halogens is 1. The van der Waals surface area contributed by atoms with Crippen molar-refractivity contribution in [3.63, 3.8) is 0 Å². The Balaban J connectivity index is 0.00000243. The summed E-state index contributed by atoms with van der Waals surface area (Å²) in [5.41, 5.74) is 5.78. The lowest BCUT2D eigenvalue weighted by Crippen LogP contribution is -2.46. The number of carbonyl (C=O) groups is 1. The lowest BCUT2D eigenvalue weighted by atomic mass is 9.79. The lowest BCUT2D eigenvalue weighted by Gasteiger charge is -2.34. The van der Waals surface area contributed by atoms with Gasteiger partial charge in [0.05, 0.1) is 10.3 Å². The summed E-state index contributed by atoms with van der Waals surface area (Å²) in [4.78, 5) is 12.8. The van der Waals surface area contributed by atoms with Crippen LogP contribution in [0.1, 0.15) is 25.7 Å². The molecular weight excluding hydrogens is 378 g/mol. The van der Waals surface area contributed by atoms with Crippen molar-refractivity contribution in [1.82, 2.24) is 4.72 Å². The van der Waals surface area contributed by atoms with Gasteiger partial charge in [-0.25, -0.2) is 13.1 Å². The molecule has 0 atom stereocenters. The maximum absolute atomic E-state index is 12.6. The fraction of sp³-hybridized carbons (Fsp3) is 0.588. The van der Waals surface area contributed by atoms with Crippen LogP contribution in [-0.4, -0.2) is 40.6 Å². The minimum atomic E-state index is -3.50. The van der Waals surface area contributed by atoms with Gasteiger partial charge >= 0.3 is 0 Å². The topological polar surface area (TPSA) is 111 Å². The molecule has 2 aliphatic rings. The lowest BCUT2D eigenvalue weighted by molar-refractivity contribution is -0.130. The van der Waals surface area contributed by atoms with Gasteiger partial charge in [0.2, 0.25) is 15.9 Å². The summed E-state index contributed by atoms with van der Waals surface area (Å²) in [6.07, 6.45) is 3.35. The van der Waals surface area contributed by atoms with E-state index in [0.29, 0.717) is 44.2 Å². The van der Waals surface area contributed by atoms with Gasteiger partial charge in [-0.05, 0) is 55.9 Å². The molecule has 2 fully saturated rings. The number of hydrogen-bond acceptors (Lipinski definition) is 5. The van der Waals surface area contributed by atoms with Crippen LogP contribution >= 0.6 is 12.4 Å². The van der Waals surface area contributed by atoms with Crippen LogP contribution in [0.25, 0.3) is 0 Å². The molecule has 1 saturated heterocycles. The molecule has 1 aliphatic heterocycles. The van der Waals surface area contributed by atoms with E-state index in [9.17, 15) is 13.2 Å². The number of nitrogens with one attached hydrogen (secondary N) is 2. The number of hydrogen-bond donors (Lipinski definition) is 3. The van der Waals surface area contributed by atoms with Gasteiger partial charge in [0, 0.05) is 32.0 Å². The van der Waals surface area contributed by atoms with Crippen molar-refractivity contribution >= 4 is 34.0 Å². The predicted octanol–water partition coefficient (Wildman–Crippen LogP) is 1.49. The molecule has 0 unspecified atom stereocenters. The van der Waals surface area contributed by atoms with Crippen LogP contribution in [0.15, 0.2) is 29.2 Å². The van der Waals surface area contributed by atoms with Crippen molar-refractivity contribution in [1.29, 1.82) is 0 Å². The fourth-order valence-corrected chi connectivity index (χ4v) is 4.02. The van der Waals surface area contributed by atoms with Crippen LogP contribution in [-0.2, 0) is 19.6 Å². The molecule has 9 heteroatoms. The second-order valence-electron chi connectivity index (χ2n) is 6.87. The highest BCUT2D eigenvalue weighted by molar-refractivity contribution is 7.89. The largest absolute Gasteiger partial charge is 0.381 e. The smallest absolute Gasteiger partial charge is 0.240 e. The van der Waals surface area contributed by atoms with E-state index in [-0.39, 0.29) is 29.8 Å². The maximum atomic E-state index is 12.6. The quantitative estimate of drug-likeness (QED) is 0.638. The molecule has 0 aromatic heterocycles. The molecule has 1 saturated carbocycles. The Labute approximate surface area is 160 Å². The van der Waals surface area contributed by atoms with Crippen LogP contribution in [0.3, 0.4) is 0 Å². The van der Waals surface area contributed by atoms with Gasteiger partial charge in [-0.15, -0.1) is 12.4 Å². The number of anilines is 1. The monoisotopic (exact) mass is 403 g/mol. The Morgan fingerprint density at radius 3 is 2.35 bits per heavy atom. The van der Waals surface area contributed by atoms with Gasteiger partial charge < -0.3 is 15.8 Å². The first-order valence-electron chi connectivity index (χ1n) is 8.64. The van der Waals surface area contributed by atoms with Gasteiger partial charge in [0.15, 0.2) is 0 Å². The highest BCUT2D eigenvalue weighted by Gasteiger charge is 2.38. The molecule has 1 aromatic rings. The van der Waals surface area contributed by atoms with Crippen molar-refractivity contribution in [3.8, 4) is 0 Å². The third kappa shape index (κ3) is 4.95. The molecule has 1 heterocycles. The average Bonchev–Trinajstić information content (AvgIpc) is 3.45. The first-order chi connectivity index (χ1) is 12.0. The number of sulfonamides is 1. The summed E-state index contributed by atoms with van der Waals surface area (Å²) in [6.45, 7) is 1.80. The number of amides is 1. The molecule has 1 aliphatic carbocycles. The van der Waals surface area contributed by atoms with Gasteiger partial charge in [-0.1, -0.05) is 0 Å². The van der Waals surface area contributed by atoms with E-state index >= 15 is 0 Å². The van der Waals surface area contributed by atoms with E-state index in [1.807, 2.05) is 0 Å². The Morgan fingerprint density at radius 2 is 1.81 bits per heavy atom. The molecule has 4 N–H and O–H groups in total. The Morgan fingerprint density at radius 1 is 1.19 bits per heavy atom. The first kappa shape index (κ1) is 21.1. The number of rotatable bonds is 7. The Bertz CT molecular complexity index is 714. The number of nitrogens with two attached hydrogens (primary N) is 1. The fourth-order valence-electron chi connectivity index (χ4n) is 2.90. The summed E-state index contributed by atoms with van der Waals surface area (Å²) >= 11 is 0. The van der Waals surface area contributed by atoms with E-state index in [2.05, 4.69) is 10.0 Å². The van der Waals surface area contributed by atoms with E-state index in [1.54, 1.807) is 12.1 Å². The molecule has 1 aromatic carbocycles. The summed E-state index contributed by atoms with van der Waals surface area (Å²) in [7, 11) is -3.50. The van der Waals surface area contributed by atoms with Crippen molar-refractivity contribution in [3.05, 3.63) is 24.3 Å². The van der Waals surface area contributed by atoms with Crippen molar-refractivity contribution in [2.45, 2.75) is 30.6 Å². The van der Waals surface area contributed by atoms with E-state index in [4.69, 9.17) is 10.5 Å². The summed E-state index contributed by atoms with van der Waals surface area (Å²) in [5, 5.41) is 2.85. The van der Waals surface area contributed by atoms with Crippen molar-refractivity contribution < 1.29 is 17.9 Å². The summed E-state index contributed by atoms with van der Waals surface area (Å²) in [6, 6.07) is 6.22. The molecule has 0 spiro atoms. The third-order valence-corrected chi connectivity index (χ3v) is 6.44.